The maximum absolute atomic E-state index is 5.71. The summed E-state index contributed by atoms with van der Waals surface area (Å²) in [6.07, 6.45) is 6.34. The molecular formula is C13H15N3. The van der Waals surface area contributed by atoms with Gasteiger partial charge < -0.3 is 10.3 Å². The molecule has 2 heterocycles. The Balaban J connectivity index is 2.00. The van der Waals surface area contributed by atoms with Crippen LogP contribution in [-0.2, 0) is 6.54 Å². The number of aryl methyl sites for hydroxylation is 1. The zero-order valence-corrected chi connectivity index (χ0v) is 9.13. The number of rotatable bonds is 1. The SMILES string of the molecule is Nc1ccc(C2CCCn3cncc32)cc1. The molecule has 0 aliphatic carbocycles. The van der Waals surface area contributed by atoms with Gasteiger partial charge in [0.15, 0.2) is 0 Å². The Morgan fingerprint density at radius 3 is 2.88 bits per heavy atom. The monoisotopic (exact) mass is 213 g/mol. The minimum absolute atomic E-state index is 0.483. The lowest BCUT2D eigenvalue weighted by Crippen LogP contribution is -2.15. The third kappa shape index (κ3) is 1.48. The summed E-state index contributed by atoms with van der Waals surface area (Å²) in [6, 6.07) is 8.21. The number of hydrogen-bond acceptors (Lipinski definition) is 2. The van der Waals surface area contributed by atoms with E-state index in [0.29, 0.717) is 5.92 Å². The fourth-order valence-corrected chi connectivity index (χ4v) is 2.49. The van der Waals surface area contributed by atoms with Gasteiger partial charge in [0.2, 0.25) is 0 Å². The molecule has 82 valence electrons. The Morgan fingerprint density at radius 1 is 1.25 bits per heavy atom. The lowest BCUT2D eigenvalue weighted by atomic mass is 9.89. The molecule has 1 aromatic carbocycles. The van der Waals surface area contributed by atoms with Gasteiger partial charge in [-0.2, -0.15) is 0 Å². The Bertz CT molecular complexity index is 484. The Hall–Kier alpha value is -1.77. The normalized spacial score (nSPS) is 19.4. The zero-order valence-electron chi connectivity index (χ0n) is 9.13. The van der Waals surface area contributed by atoms with Gasteiger partial charge in [0.25, 0.3) is 0 Å². The molecule has 16 heavy (non-hydrogen) atoms. The van der Waals surface area contributed by atoms with Gasteiger partial charge in [-0.1, -0.05) is 12.1 Å². The third-order valence-electron chi connectivity index (χ3n) is 3.33. The van der Waals surface area contributed by atoms with E-state index in [1.165, 1.54) is 24.1 Å². The van der Waals surface area contributed by atoms with Crippen LogP contribution in [0, 0.1) is 0 Å². The second-order valence-corrected chi connectivity index (χ2v) is 4.37. The maximum atomic E-state index is 5.71. The predicted octanol–water partition coefficient (Wildman–Crippen LogP) is 2.39. The molecule has 1 aliphatic rings. The molecule has 0 saturated carbocycles. The highest BCUT2D eigenvalue weighted by Gasteiger charge is 2.21. The average Bonchev–Trinajstić information content (AvgIpc) is 2.78. The summed E-state index contributed by atoms with van der Waals surface area (Å²) in [5, 5.41) is 0. The van der Waals surface area contributed by atoms with E-state index in [0.717, 1.165) is 12.2 Å². The molecule has 0 amide bonds. The van der Waals surface area contributed by atoms with Crippen LogP contribution in [0.4, 0.5) is 5.69 Å². The Kier molecular flexibility index (Phi) is 2.17. The molecule has 0 radical (unpaired) electrons. The van der Waals surface area contributed by atoms with Crippen LogP contribution in [0.3, 0.4) is 0 Å². The first kappa shape index (κ1) is 9.46. The predicted molar refractivity (Wildman–Crippen MR) is 64.2 cm³/mol. The summed E-state index contributed by atoms with van der Waals surface area (Å²) in [5.41, 5.74) is 9.21. The van der Waals surface area contributed by atoms with Crippen molar-refractivity contribution in [3.05, 3.63) is 48.0 Å². The number of nitrogen functional groups attached to an aromatic ring is 1. The number of aromatic nitrogens is 2. The lowest BCUT2D eigenvalue weighted by Gasteiger charge is -2.24. The standard InChI is InChI=1S/C13H15N3/c14-11-5-3-10(4-6-11)12-2-1-7-16-9-15-8-13(12)16/h3-6,8-9,12H,1-2,7,14H2. The topological polar surface area (TPSA) is 43.8 Å². The summed E-state index contributed by atoms with van der Waals surface area (Å²) in [7, 11) is 0. The highest BCUT2D eigenvalue weighted by atomic mass is 15.1. The van der Waals surface area contributed by atoms with Crippen LogP contribution in [-0.4, -0.2) is 9.55 Å². The number of fused-ring (bicyclic) bond motifs is 1. The van der Waals surface area contributed by atoms with Gasteiger partial charge in [0.1, 0.15) is 0 Å². The van der Waals surface area contributed by atoms with Gasteiger partial charge in [-0.15, -0.1) is 0 Å². The zero-order chi connectivity index (χ0) is 11.0. The number of anilines is 1. The molecule has 1 atom stereocenters. The van der Waals surface area contributed by atoms with E-state index in [-0.39, 0.29) is 0 Å². The molecular weight excluding hydrogens is 198 g/mol. The van der Waals surface area contributed by atoms with Crippen LogP contribution in [0.2, 0.25) is 0 Å². The third-order valence-corrected chi connectivity index (χ3v) is 3.33. The van der Waals surface area contributed by atoms with Crippen molar-refractivity contribution in [3.63, 3.8) is 0 Å². The van der Waals surface area contributed by atoms with Gasteiger partial charge in [0.05, 0.1) is 6.33 Å². The molecule has 0 saturated heterocycles. The lowest BCUT2D eigenvalue weighted by molar-refractivity contribution is 0.491. The first-order valence-corrected chi connectivity index (χ1v) is 5.70. The van der Waals surface area contributed by atoms with Crippen molar-refractivity contribution in [1.82, 2.24) is 9.55 Å². The van der Waals surface area contributed by atoms with Crippen molar-refractivity contribution < 1.29 is 0 Å². The fraction of sp³-hybridized carbons (Fsp3) is 0.308. The first-order valence-electron chi connectivity index (χ1n) is 5.70. The largest absolute Gasteiger partial charge is 0.399 e. The van der Waals surface area contributed by atoms with E-state index in [1.807, 2.05) is 24.7 Å². The van der Waals surface area contributed by atoms with Crippen LogP contribution >= 0.6 is 0 Å². The second-order valence-electron chi connectivity index (χ2n) is 4.37. The van der Waals surface area contributed by atoms with Crippen LogP contribution in [0.15, 0.2) is 36.8 Å². The quantitative estimate of drug-likeness (QED) is 0.739. The van der Waals surface area contributed by atoms with Crippen molar-refractivity contribution in [1.29, 1.82) is 0 Å². The second kappa shape index (κ2) is 3.67. The minimum Gasteiger partial charge on any atom is -0.399 e. The van der Waals surface area contributed by atoms with Crippen LogP contribution in [0.1, 0.15) is 30.0 Å². The van der Waals surface area contributed by atoms with Crippen molar-refractivity contribution in [3.8, 4) is 0 Å². The molecule has 3 nitrogen and oxygen atoms in total. The van der Waals surface area contributed by atoms with Crippen LogP contribution < -0.4 is 5.73 Å². The van der Waals surface area contributed by atoms with Gasteiger partial charge in [-0.25, -0.2) is 4.98 Å². The van der Waals surface area contributed by atoms with Gasteiger partial charge in [-0.3, -0.25) is 0 Å². The van der Waals surface area contributed by atoms with Gasteiger partial charge in [-0.05, 0) is 30.5 Å². The van der Waals surface area contributed by atoms with E-state index >= 15 is 0 Å². The van der Waals surface area contributed by atoms with E-state index in [2.05, 4.69) is 21.7 Å². The molecule has 0 bridgehead atoms. The van der Waals surface area contributed by atoms with E-state index < -0.39 is 0 Å². The number of nitrogens with two attached hydrogens (primary N) is 1. The number of nitrogens with zero attached hydrogens (tertiary/aromatic N) is 2. The molecule has 2 aromatic rings. The van der Waals surface area contributed by atoms with Crippen molar-refractivity contribution in [2.24, 2.45) is 0 Å². The first-order chi connectivity index (χ1) is 7.84. The van der Waals surface area contributed by atoms with E-state index in [4.69, 9.17) is 5.73 Å². The summed E-state index contributed by atoms with van der Waals surface area (Å²) in [4.78, 5) is 4.24. The Morgan fingerprint density at radius 2 is 2.06 bits per heavy atom. The fourth-order valence-electron chi connectivity index (χ4n) is 2.49. The van der Waals surface area contributed by atoms with E-state index in [9.17, 15) is 0 Å². The highest BCUT2D eigenvalue weighted by molar-refractivity contribution is 5.42. The number of benzene rings is 1. The van der Waals surface area contributed by atoms with Crippen molar-refractivity contribution >= 4 is 5.69 Å². The minimum atomic E-state index is 0.483. The smallest absolute Gasteiger partial charge is 0.0948 e. The van der Waals surface area contributed by atoms with Crippen LogP contribution in [0.5, 0.6) is 0 Å². The van der Waals surface area contributed by atoms with Gasteiger partial charge in [0, 0.05) is 30.0 Å². The van der Waals surface area contributed by atoms with Crippen LogP contribution in [0.25, 0.3) is 0 Å². The molecule has 1 aromatic heterocycles. The molecule has 0 spiro atoms. The molecule has 0 fully saturated rings. The highest BCUT2D eigenvalue weighted by Crippen LogP contribution is 2.33. The molecule has 2 N–H and O–H groups in total. The summed E-state index contributed by atoms with van der Waals surface area (Å²) < 4.78 is 2.25. The Labute approximate surface area is 94.9 Å². The van der Waals surface area contributed by atoms with Gasteiger partial charge >= 0.3 is 0 Å². The summed E-state index contributed by atoms with van der Waals surface area (Å²) >= 11 is 0. The average molecular weight is 213 g/mol. The summed E-state index contributed by atoms with van der Waals surface area (Å²) in [5.74, 6) is 0.483. The molecule has 1 unspecified atom stereocenters. The number of imidazole rings is 1. The van der Waals surface area contributed by atoms with Crippen molar-refractivity contribution in [2.75, 3.05) is 5.73 Å². The maximum Gasteiger partial charge on any atom is 0.0948 e. The number of hydrogen-bond donors (Lipinski definition) is 1. The summed E-state index contributed by atoms with van der Waals surface area (Å²) in [6.45, 7) is 1.10. The molecule has 3 rings (SSSR count). The molecule has 1 aliphatic heterocycles. The van der Waals surface area contributed by atoms with E-state index in [1.54, 1.807) is 0 Å². The molecule has 3 heteroatoms. The van der Waals surface area contributed by atoms with Crippen molar-refractivity contribution in [2.45, 2.75) is 25.3 Å².